The van der Waals surface area contributed by atoms with E-state index in [1.165, 1.54) is 5.56 Å². The van der Waals surface area contributed by atoms with E-state index in [4.69, 9.17) is 5.73 Å². The Bertz CT molecular complexity index is 659. The Labute approximate surface area is 139 Å². The summed E-state index contributed by atoms with van der Waals surface area (Å²) in [6.07, 6.45) is 0.424. The SMILES string of the molecule is N[C@@H]1CN(C(=O)Cc2cccc(Br)c2)C[C@H]1c1ccccc1. The number of nitrogens with two attached hydrogens (primary N) is 1. The van der Waals surface area contributed by atoms with Gasteiger partial charge in [0, 0.05) is 29.5 Å². The fourth-order valence-corrected chi connectivity index (χ4v) is 3.47. The molecule has 0 saturated carbocycles. The standard InChI is InChI=1S/C18H19BrN2O/c19-15-8-4-5-13(9-15)10-18(22)21-11-16(17(20)12-21)14-6-2-1-3-7-14/h1-9,16-17H,10-12,20H2/t16-,17+/m0/s1. The number of rotatable bonds is 3. The molecule has 1 amide bonds. The lowest BCUT2D eigenvalue weighted by Crippen LogP contribution is -2.33. The smallest absolute Gasteiger partial charge is 0.227 e. The maximum Gasteiger partial charge on any atom is 0.227 e. The lowest BCUT2D eigenvalue weighted by Gasteiger charge is -2.16. The molecule has 2 N–H and O–H groups in total. The summed E-state index contributed by atoms with van der Waals surface area (Å²) in [6, 6.07) is 18.1. The quantitative estimate of drug-likeness (QED) is 0.916. The fraction of sp³-hybridized carbons (Fsp3) is 0.278. The molecule has 2 aromatic rings. The molecule has 0 aliphatic carbocycles. The third kappa shape index (κ3) is 3.39. The van der Waals surface area contributed by atoms with E-state index < -0.39 is 0 Å². The molecule has 1 aliphatic rings. The Kier molecular flexibility index (Phi) is 4.60. The van der Waals surface area contributed by atoms with E-state index in [1.807, 2.05) is 47.4 Å². The molecule has 0 spiro atoms. The molecule has 1 saturated heterocycles. The maximum absolute atomic E-state index is 12.5. The molecule has 4 heteroatoms. The molecular formula is C18H19BrN2O. The molecule has 114 valence electrons. The number of carbonyl (C=O) groups is 1. The number of halogens is 1. The van der Waals surface area contributed by atoms with Crippen LogP contribution in [-0.2, 0) is 11.2 Å². The van der Waals surface area contributed by atoms with Crippen molar-refractivity contribution in [1.82, 2.24) is 4.90 Å². The largest absolute Gasteiger partial charge is 0.340 e. The van der Waals surface area contributed by atoms with E-state index in [1.54, 1.807) is 0 Å². The average molecular weight is 359 g/mol. The van der Waals surface area contributed by atoms with Gasteiger partial charge in [0.05, 0.1) is 6.42 Å². The first-order valence-electron chi connectivity index (χ1n) is 7.46. The monoisotopic (exact) mass is 358 g/mol. The highest BCUT2D eigenvalue weighted by molar-refractivity contribution is 9.10. The molecule has 22 heavy (non-hydrogen) atoms. The molecule has 0 unspecified atom stereocenters. The summed E-state index contributed by atoms with van der Waals surface area (Å²) in [5.41, 5.74) is 8.50. The number of hydrogen-bond donors (Lipinski definition) is 1. The van der Waals surface area contributed by atoms with E-state index >= 15 is 0 Å². The molecule has 1 fully saturated rings. The number of likely N-dealkylation sites (tertiary alicyclic amines) is 1. The molecule has 0 bridgehead atoms. The summed E-state index contributed by atoms with van der Waals surface area (Å²) in [7, 11) is 0. The molecule has 3 rings (SSSR count). The third-order valence-electron chi connectivity index (χ3n) is 4.19. The van der Waals surface area contributed by atoms with Crippen LogP contribution >= 0.6 is 15.9 Å². The van der Waals surface area contributed by atoms with Crippen molar-refractivity contribution in [2.45, 2.75) is 18.4 Å². The zero-order valence-electron chi connectivity index (χ0n) is 12.3. The van der Waals surface area contributed by atoms with E-state index in [0.717, 1.165) is 10.0 Å². The van der Waals surface area contributed by atoms with Crippen LogP contribution in [0.2, 0.25) is 0 Å². The van der Waals surface area contributed by atoms with Crippen molar-refractivity contribution in [2.24, 2.45) is 5.73 Å². The van der Waals surface area contributed by atoms with E-state index in [-0.39, 0.29) is 17.9 Å². The van der Waals surface area contributed by atoms with Crippen LogP contribution in [0.3, 0.4) is 0 Å². The van der Waals surface area contributed by atoms with Gasteiger partial charge < -0.3 is 10.6 Å². The fourth-order valence-electron chi connectivity index (χ4n) is 3.02. The van der Waals surface area contributed by atoms with Crippen LogP contribution in [0.1, 0.15) is 17.0 Å². The molecule has 1 aliphatic heterocycles. The van der Waals surface area contributed by atoms with Gasteiger partial charge in [-0.15, -0.1) is 0 Å². The Hall–Kier alpha value is -1.65. The van der Waals surface area contributed by atoms with Gasteiger partial charge in [0.25, 0.3) is 0 Å². The summed E-state index contributed by atoms with van der Waals surface area (Å²) in [5.74, 6) is 0.375. The van der Waals surface area contributed by atoms with Gasteiger partial charge in [-0.3, -0.25) is 4.79 Å². The first kappa shape index (κ1) is 15.3. The van der Waals surface area contributed by atoms with Crippen molar-refractivity contribution in [3.63, 3.8) is 0 Å². The third-order valence-corrected chi connectivity index (χ3v) is 4.68. The van der Waals surface area contributed by atoms with Gasteiger partial charge in [-0.1, -0.05) is 58.4 Å². The topological polar surface area (TPSA) is 46.3 Å². The number of amides is 1. The second-order valence-electron chi connectivity index (χ2n) is 5.79. The Morgan fingerprint density at radius 3 is 2.64 bits per heavy atom. The van der Waals surface area contributed by atoms with Crippen molar-refractivity contribution in [1.29, 1.82) is 0 Å². The summed E-state index contributed by atoms with van der Waals surface area (Å²) in [6.45, 7) is 1.34. The number of hydrogen-bond acceptors (Lipinski definition) is 2. The van der Waals surface area contributed by atoms with Crippen LogP contribution in [0.4, 0.5) is 0 Å². The zero-order chi connectivity index (χ0) is 15.5. The molecule has 3 nitrogen and oxygen atoms in total. The van der Waals surface area contributed by atoms with Gasteiger partial charge in [-0.2, -0.15) is 0 Å². The van der Waals surface area contributed by atoms with Crippen LogP contribution < -0.4 is 5.73 Å². The Balaban J connectivity index is 1.67. The van der Waals surface area contributed by atoms with Crippen LogP contribution in [0.5, 0.6) is 0 Å². The van der Waals surface area contributed by atoms with Crippen LogP contribution in [0.15, 0.2) is 59.1 Å². The van der Waals surface area contributed by atoms with Crippen LogP contribution in [0, 0.1) is 0 Å². The zero-order valence-corrected chi connectivity index (χ0v) is 13.9. The van der Waals surface area contributed by atoms with Crippen molar-refractivity contribution < 1.29 is 4.79 Å². The minimum atomic E-state index is 0.00820. The van der Waals surface area contributed by atoms with Gasteiger partial charge >= 0.3 is 0 Å². The molecule has 1 heterocycles. The number of benzene rings is 2. The second-order valence-corrected chi connectivity index (χ2v) is 6.70. The van der Waals surface area contributed by atoms with Gasteiger partial charge in [-0.25, -0.2) is 0 Å². The summed E-state index contributed by atoms with van der Waals surface area (Å²) in [4.78, 5) is 14.4. The number of nitrogens with zero attached hydrogens (tertiary/aromatic N) is 1. The minimum Gasteiger partial charge on any atom is -0.340 e. The van der Waals surface area contributed by atoms with E-state index in [0.29, 0.717) is 19.5 Å². The highest BCUT2D eigenvalue weighted by Gasteiger charge is 2.33. The summed E-state index contributed by atoms with van der Waals surface area (Å²) < 4.78 is 0.998. The number of carbonyl (C=O) groups excluding carboxylic acids is 1. The van der Waals surface area contributed by atoms with Gasteiger partial charge in [0.1, 0.15) is 0 Å². The van der Waals surface area contributed by atoms with Gasteiger partial charge in [0.15, 0.2) is 0 Å². The highest BCUT2D eigenvalue weighted by Crippen LogP contribution is 2.26. The second kappa shape index (κ2) is 6.63. The van der Waals surface area contributed by atoms with Crippen molar-refractivity contribution >= 4 is 21.8 Å². The Morgan fingerprint density at radius 2 is 1.91 bits per heavy atom. The minimum absolute atomic E-state index is 0.00820. The molecule has 2 atom stereocenters. The molecule has 0 aromatic heterocycles. The van der Waals surface area contributed by atoms with Crippen LogP contribution in [0.25, 0.3) is 0 Å². The molecule has 0 radical (unpaired) electrons. The first-order chi connectivity index (χ1) is 10.6. The van der Waals surface area contributed by atoms with Crippen molar-refractivity contribution in [2.75, 3.05) is 13.1 Å². The van der Waals surface area contributed by atoms with E-state index in [2.05, 4.69) is 28.1 Å². The molecule has 2 aromatic carbocycles. The van der Waals surface area contributed by atoms with Crippen molar-refractivity contribution in [3.8, 4) is 0 Å². The maximum atomic E-state index is 12.5. The predicted molar refractivity (Wildman–Crippen MR) is 91.6 cm³/mol. The lowest BCUT2D eigenvalue weighted by atomic mass is 9.95. The average Bonchev–Trinajstić information content (AvgIpc) is 2.90. The van der Waals surface area contributed by atoms with Gasteiger partial charge in [0.2, 0.25) is 5.91 Å². The normalized spacial score (nSPS) is 21.1. The lowest BCUT2D eigenvalue weighted by molar-refractivity contribution is -0.129. The van der Waals surface area contributed by atoms with Gasteiger partial charge in [-0.05, 0) is 23.3 Å². The van der Waals surface area contributed by atoms with Crippen LogP contribution in [-0.4, -0.2) is 29.9 Å². The summed E-state index contributed by atoms with van der Waals surface area (Å²) >= 11 is 3.44. The summed E-state index contributed by atoms with van der Waals surface area (Å²) in [5, 5.41) is 0. The van der Waals surface area contributed by atoms with E-state index in [9.17, 15) is 4.79 Å². The molecular weight excluding hydrogens is 340 g/mol. The first-order valence-corrected chi connectivity index (χ1v) is 8.25. The Morgan fingerprint density at radius 1 is 1.14 bits per heavy atom. The van der Waals surface area contributed by atoms with Crippen molar-refractivity contribution in [3.05, 3.63) is 70.2 Å². The highest BCUT2D eigenvalue weighted by atomic mass is 79.9. The predicted octanol–water partition coefficient (Wildman–Crippen LogP) is 2.94.